The molecule has 3 aliphatic carbocycles. The summed E-state index contributed by atoms with van der Waals surface area (Å²) in [5.41, 5.74) is 9.28. The predicted molar refractivity (Wildman–Crippen MR) is 162 cm³/mol. The topological polar surface area (TPSA) is 28.2 Å². The van der Waals surface area contributed by atoms with Crippen LogP contribution in [0.1, 0.15) is 98.3 Å². The summed E-state index contributed by atoms with van der Waals surface area (Å²) in [5, 5.41) is 3.84. The van der Waals surface area contributed by atoms with Crippen LogP contribution < -0.4 is 5.32 Å². The zero-order valence-electron chi connectivity index (χ0n) is 24.2. The summed E-state index contributed by atoms with van der Waals surface area (Å²) in [5.74, 6) is 0.706. The summed E-state index contributed by atoms with van der Waals surface area (Å²) in [4.78, 5) is 7.71. The van der Waals surface area contributed by atoms with E-state index in [4.69, 9.17) is 4.98 Å². The Morgan fingerprint density at radius 1 is 0.821 bits per heavy atom. The number of aryl methyl sites for hydroxylation is 2. The molecule has 0 radical (unpaired) electrons. The largest absolute Gasteiger partial charge is 0.310 e. The van der Waals surface area contributed by atoms with E-state index in [0.29, 0.717) is 23.4 Å². The highest BCUT2D eigenvalue weighted by Gasteiger charge is 2.30. The van der Waals surface area contributed by atoms with Crippen molar-refractivity contribution in [1.29, 1.82) is 0 Å². The summed E-state index contributed by atoms with van der Waals surface area (Å²) in [7, 11) is 0. The van der Waals surface area contributed by atoms with Gasteiger partial charge in [0.25, 0.3) is 0 Å². The third kappa shape index (κ3) is 6.64. The number of rotatable bonds is 8. The van der Waals surface area contributed by atoms with E-state index in [1.54, 1.807) is 11.1 Å². The molecular formula is C36H47N3. The van der Waals surface area contributed by atoms with Gasteiger partial charge in [-0.15, -0.1) is 0 Å². The number of benzene rings is 2. The maximum atomic E-state index is 4.93. The van der Waals surface area contributed by atoms with Gasteiger partial charge in [-0.2, -0.15) is 0 Å². The van der Waals surface area contributed by atoms with Crippen molar-refractivity contribution in [3.05, 3.63) is 100 Å². The Bertz CT molecular complexity index is 1220. The first-order valence-corrected chi connectivity index (χ1v) is 15.6. The second-order valence-corrected chi connectivity index (χ2v) is 13.4. The van der Waals surface area contributed by atoms with E-state index in [1.165, 1.54) is 86.6 Å². The summed E-state index contributed by atoms with van der Waals surface area (Å²) < 4.78 is 0. The Labute approximate surface area is 236 Å². The van der Waals surface area contributed by atoms with Gasteiger partial charge in [-0.3, -0.25) is 9.88 Å². The maximum Gasteiger partial charge on any atom is 0.0607 e. The van der Waals surface area contributed by atoms with Crippen LogP contribution >= 0.6 is 0 Å². The summed E-state index contributed by atoms with van der Waals surface area (Å²) in [6, 6.07) is 24.1. The summed E-state index contributed by atoms with van der Waals surface area (Å²) in [6.07, 6.45) is 14.7. The van der Waals surface area contributed by atoms with E-state index >= 15 is 0 Å². The first-order valence-electron chi connectivity index (χ1n) is 15.6. The normalized spacial score (nSPS) is 22.8. The molecule has 1 saturated carbocycles. The Morgan fingerprint density at radius 3 is 2.38 bits per heavy atom. The van der Waals surface area contributed by atoms with Gasteiger partial charge in [0.15, 0.2) is 0 Å². The molecule has 39 heavy (non-hydrogen) atoms. The van der Waals surface area contributed by atoms with Crippen molar-refractivity contribution >= 4 is 0 Å². The van der Waals surface area contributed by atoms with Crippen molar-refractivity contribution in [1.82, 2.24) is 15.2 Å². The highest BCUT2D eigenvalue weighted by molar-refractivity contribution is 5.30. The van der Waals surface area contributed by atoms with Crippen LogP contribution in [-0.2, 0) is 32.4 Å². The minimum atomic E-state index is 0.420. The van der Waals surface area contributed by atoms with Gasteiger partial charge in [0, 0.05) is 31.9 Å². The predicted octanol–water partition coefficient (Wildman–Crippen LogP) is 7.82. The van der Waals surface area contributed by atoms with Crippen molar-refractivity contribution in [2.24, 2.45) is 11.3 Å². The molecule has 0 saturated heterocycles. The van der Waals surface area contributed by atoms with Crippen molar-refractivity contribution in [2.45, 2.75) is 103 Å². The number of hydrogen-bond acceptors (Lipinski definition) is 3. The van der Waals surface area contributed by atoms with Gasteiger partial charge in [0.1, 0.15) is 0 Å². The van der Waals surface area contributed by atoms with E-state index in [-0.39, 0.29) is 0 Å². The van der Waals surface area contributed by atoms with Gasteiger partial charge < -0.3 is 5.32 Å². The minimum Gasteiger partial charge on any atom is -0.310 e. The molecule has 1 aromatic heterocycles. The molecule has 1 heterocycles. The monoisotopic (exact) mass is 521 g/mol. The molecule has 0 amide bonds. The van der Waals surface area contributed by atoms with Crippen molar-refractivity contribution in [3.63, 3.8) is 0 Å². The molecular weight excluding hydrogens is 474 g/mol. The SMILES string of the molecule is CC1(C)CCC(NCc2ccc(CN(C[C@@H]3CCc4ccccc4C3)[C@H]3CCCc4cccnc43)cc2)CC1. The molecule has 2 aromatic carbocycles. The lowest BCUT2D eigenvalue weighted by Crippen LogP contribution is -2.37. The Kier molecular flexibility index (Phi) is 8.18. The van der Waals surface area contributed by atoms with Gasteiger partial charge in [-0.1, -0.05) is 68.4 Å². The number of pyridine rings is 1. The Morgan fingerprint density at radius 2 is 1.56 bits per heavy atom. The van der Waals surface area contributed by atoms with Crippen molar-refractivity contribution < 1.29 is 0 Å². The fourth-order valence-electron chi connectivity index (χ4n) is 7.37. The van der Waals surface area contributed by atoms with Crippen molar-refractivity contribution in [2.75, 3.05) is 6.54 Å². The van der Waals surface area contributed by atoms with Gasteiger partial charge in [-0.25, -0.2) is 0 Å². The van der Waals surface area contributed by atoms with Crippen LogP contribution in [0, 0.1) is 11.3 Å². The van der Waals surface area contributed by atoms with Crippen LogP contribution in [0.3, 0.4) is 0 Å². The lowest BCUT2D eigenvalue weighted by atomic mass is 9.75. The fourth-order valence-corrected chi connectivity index (χ4v) is 7.37. The van der Waals surface area contributed by atoms with Gasteiger partial charge in [0.2, 0.25) is 0 Å². The van der Waals surface area contributed by atoms with Crippen LogP contribution in [0.4, 0.5) is 0 Å². The van der Waals surface area contributed by atoms with Crippen LogP contribution in [0.15, 0.2) is 66.9 Å². The second-order valence-electron chi connectivity index (χ2n) is 13.4. The molecule has 1 fully saturated rings. The standard InChI is InChI=1S/C36H47N3/c1-36(2)20-18-33(19-21-36)38-24-27-12-14-28(15-13-27)25-39(34-11-5-9-31-10-6-22-37-35(31)34)26-29-16-17-30-7-3-4-8-32(30)23-29/h3-4,6-8,10,12-15,22,29,33-34,38H,5,9,11,16-21,23-26H2,1-2H3/t29-,34+/m1/s1. The van der Waals surface area contributed by atoms with Gasteiger partial charge in [0.05, 0.1) is 11.7 Å². The van der Waals surface area contributed by atoms with Crippen LogP contribution in [0.25, 0.3) is 0 Å². The van der Waals surface area contributed by atoms with Gasteiger partial charge >= 0.3 is 0 Å². The zero-order chi connectivity index (χ0) is 26.7. The van der Waals surface area contributed by atoms with E-state index in [9.17, 15) is 0 Å². The number of aromatic nitrogens is 1. The quantitative estimate of drug-likeness (QED) is 0.327. The average molecular weight is 522 g/mol. The van der Waals surface area contributed by atoms with E-state index in [2.05, 4.69) is 84.7 Å². The van der Waals surface area contributed by atoms with E-state index in [0.717, 1.165) is 19.6 Å². The highest BCUT2D eigenvalue weighted by Crippen LogP contribution is 2.37. The van der Waals surface area contributed by atoms with Crippen LogP contribution in [-0.4, -0.2) is 22.5 Å². The van der Waals surface area contributed by atoms with Crippen LogP contribution in [0.5, 0.6) is 0 Å². The molecule has 6 rings (SSSR count). The number of hydrogen-bond donors (Lipinski definition) is 1. The molecule has 0 unspecified atom stereocenters. The third-order valence-electron chi connectivity index (χ3n) is 9.89. The minimum absolute atomic E-state index is 0.420. The molecule has 0 aliphatic heterocycles. The Hall–Kier alpha value is -2.49. The molecule has 206 valence electrons. The van der Waals surface area contributed by atoms with Crippen LogP contribution in [0.2, 0.25) is 0 Å². The summed E-state index contributed by atoms with van der Waals surface area (Å²) >= 11 is 0. The molecule has 3 aromatic rings. The molecule has 3 heteroatoms. The molecule has 3 aliphatic rings. The average Bonchev–Trinajstić information content (AvgIpc) is 2.97. The molecule has 3 nitrogen and oxygen atoms in total. The summed E-state index contributed by atoms with van der Waals surface area (Å²) in [6.45, 7) is 7.97. The second kappa shape index (κ2) is 11.9. The molecule has 2 atom stereocenters. The van der Waals surface area contributed by atoms with E-state index in [1.807, 2.05) is 6.20 Å². The molecule has 1 N–H and O–H groups in total. The maximum absolute atomic E-state index is 4.93. The highest BCUT2D eigenvalue weighted by atomic mass is 15.2. The Balaban J connectivity index is 1.14. The van der Waals surface area contributed by atoms with Gasteiger partial charge in [-0.05, 0) is 109 Å². The first-order chi connectivity index (χ1) is 19.0. The third-order valence-corrected chi connectivity index (χ3v) is 9.89. The molecule has 0 bridgehead atoms. The number of nitrogens with one attached hydrogen (secondary N) is 1. The first kappa shape index (κ1) is 26.7. The lowest BCUT2D eigenvalue weighted by Gasteiger charge is -2.38. The fraction of sp³-hybridized carbons (Fsp3) is 0.528. The lowest BCUT2D eigenvalue weighted by molar-refractivity contribution is 0.134. The molecule has 0 spiro atoms. The smallest absolute Gasteiger partial charge is 0.0607 e. The number of nitrogens with zero attached hydrogens (tertiary/aromatic N) is 2. The van der Waals surface area contributed by atoms with Crippen molar-refractivity contribution in [3.8, 4) is 0 Å². The van der Waals surface area contributed by atoms with E-state index < -0.39 is 0 Å². The zero-order valence-corrected chi connectivity index (χ0v) is 24.2. The number of fused-ring (bicyclic) bond motifs is 2.